The highest BCUT2D eigenvalue weighted by atomic mass is 16.3. The van der Waals surface area contributed by atoms with Gasteiger partial charge in [0.1, 0.15) is 0 Å². The van der Waals surface area contributed by atoms with E-state index in [-0.39, 0.29) is 17.8 Å². The number of aliphatic hydroxyl groups excluding tert-OH is 1. The molecule has 114 valence electrons. The number of hydrogen-bond acceptors (Lipinski definition) is 2. The Morgan fingerprint density at radius 1 is 1.24 bits per heavy atom. The molecule has 5 unspecified atom stereocenters. The van der Waals surface area contributed by atoms with Crippen molar-refractivity contribution < 1.29 is 9.90 Å². The average molecular weight is 286 g/mol. The van der Waals surface area contributed by atoms with Crippen molar-refractivity contribution in [3.63, 3.8) is 0 Å². The first-order chi connectivity index (χ1) is 10.1. The van der Waals surface area contributed by atoms with Crippen LogP contribution in [0.1, 0.15) is 51.9 Å². The molecule has 0 bridgehead atoms. The fraction of sp³-hybridized carbons (Fsp3) is 0.737. The van der Waals surface area contributed by atoms with Gasteiger partial charge in [-0.05, 0) is 67.8 Å². The summed E-state index contributed by atoms with van der Waals surface area (Å²) in [6, 6.07) is 0. The van der Waals surface area contributed by atoms with E-state index in [1.54, 1.807) is 0 Å². The lowest BCUT2D eigenvalue weighted by Crippen LogP contribution is -2.52. The predicted molar refractivity (Wildman–Crippen MR) is 82.6 cm³/mol. The summed E-state index contributed by atoms with van der Waals surface area (Å²) < 4.78 is 0. The van der Waals surface area contributed by atoms with Crippen molar-refractivity contribution in [3.05, 3.63) is 23.8 Å². The van der Waals surface area contributed by atoms with E-state index in [0.717, 1.165) is 24.7 Å². The van der Waals surface area contributed by atoms with E-state index in [4.69, 9.17) is 0 Å². The molecule has 0 saturated heterocycles. The van der Waals surface area contributed by atoms with E-state index >= 15 is 0 Å². The number of hydrogen-bond donors (Lipinski definition) is 1. The Kier molecular flexibility index (Phi) is 2.98. The van der Waals surface area contributed by atoms with Crippen LogP contribution in [0, 0.1) is 28.6 Å². The van der Waals surface area contributed by atoms with Gasteiger partial charge in [-0.15, -0.1) is 0 Å². The van der Waals surface area contributed by atoms with Crippen LogP contribution < -0.4 is 0 Å². The van der Waals surface area contributed by atoms with Crippen LogP contribution in [0.5, 0.6) is 0 Å². The molecular formula is C19H26O2. The summed E-state index contributed by atoms with van der Waals surface area (Å²) in [5.41, 5.74) is 1.60. The van der Waals surface area contributed by atoms with E-state index in [1.807, 2.05) is 6.08 Å². The second-order valence-electron chi connectivity index (χ2n) is 8.05. The molecule has 0 aliphatic heterocycles. The number of rotatable bonds is 1. The largest absolute Gasteiger partial charge is 0.395 e. The van der Waals surface area contributed by atoms with Crippen molar-refractivity contribution in [2.45, 2.75) is 51.9 Å². The molecule has 0 spiro atoms. The van der Waals surface area contributed by atoms with E-state index < -0.39 is 0 Å². The molecule has 4 rings (SSSR count). The molecule has 0 heterocycles. The van der Waals surface area contributed by atoms with Crippen molar-refractivity contribution >= 4 is 5.78 Å². The van der Waals surface area contributed by atoms with Crippen LogP contribution in [0.25, 0.3) is 0 Å². The Bertz CT molecular complexity index is 532. The first-order valence-electron chi connectivity index (χ1n) is 8.61. The fourth-order valence-corrected chi connectivity index (χ4v) is 6.14. The van der Waals surface area contributed by atoms with Gasteiger partial charge in [-0.2, -0.15) is 0 Å². The van der Waals surface area contributed by atoms with Crippen LogP contribution in [0.3, 0.4) is 0 Å². The summed E-state index contributed by atoms with van der Waals surface area (Å²) in [6.45, 7) is 2.67. The zero-order valence-corrected chi connectivity index (χ0v) is 13.0. The van der Waals surface area contributed by atoms with Crippen LogP contribution in [0.4, 0.5) is 0 Å². The van der Waals surface area contributed by atoms with E-state index in [9.17, 15) is 9.90 Å². The molecule has 1 N–H and O–H groups in total. The summed E-state index contributed by atoms with van der Waals surface area (Å²) in [4.78, 5) is 11.8. The molecule has 2 saturated carbocycles. The summed E-state index contributed by atoms with van der Waals surface area (Å²) in [6.07, 6.45) is 14.2. The van der Waals surface area contributed by atoms with Gasteiger partial charge in [-0.25, -0.2) is 0 Å². The summed E-state index contributed by atoms with van der Waals surface area (Å²) >= 11 is 0. The third-order valence-electron chi connectivity index (χ3n) is 7.29. The quantitative estimate of drug-likeness (QED) is 0.747. The Morgan fingerprint density at radius 2 is 2.10 bits per heavy atom. The standard InChI is InChI=1S/C19H26O2/c1-18-8-2-3-16(18)15-5-4-13-11-14(21)6-10-19(13,12-20)17(15)7-9-18/h2,8,11,15-17,20H,3-7,9-10,12H2,1H3. The Morgan fingerprint density at radius 3 is 2.90 bits per heavy atom. The molecule has 4 aliphatic rings. The van der Waals surface area contributed by atoms with Gasteiger partial charge in [-0.1, -0.05) is 24.6 Å². The molecule has 2 heteroatoms. The van der Waals surface area contributed by atoms with Gasteiger partial charge in [0.2, 0.25) is 0 Å². The van der Waals surface area contributed by atoms with Crippen LogP contribution in [-0.2, 0) is 4.79 Å². The number of carbonyl (C=O) groups excluding carboxylic acids is 1. The maximum Gasteiger partial charge on any atom is 0.155 e. The first-order valence-corrected chi connectivity index (χ1v) is 8.61. The monoisotopic (exact) mass is 286 g/mol. The Balaban J connectivity index is 1.72. The minimum atomic E-state index is -0.0687. The molecule has 0 amide bonds. The zero-order valence-electron chi connectivity index (χ0n) is 13.0. The number of fused-ring (bicyclic) bond motifs is 5. The molecule has 5 atom stereocenters. The zero-order chi connectivity index (χ0) is 14.7. The van der Waals surface area contributed by atoms with Crippen molar-refractivity contribution in [3.8, 4) is 0 Å². The summed E-state index contributed by atoms with van der Waals surface area (Å²) in [7, 11) is 0. The average Bonchev–Trinajstić information content (AvgIpc) is 2.88. The number of ketones is 1. The second kappa shape index (κ2) is 4.55. The van der Waals surface area contributed by atoms with Crippen molar-refractivity contribution in [2.75, 3.05) is 6.61 Å². The number of aliphatic hydroxyl groups is 1. The SMILES string of the molecule is CC12C=CCC1C1CCC3=CC(=O)CCC3(CO)C1CC2. The van der Waals surface area contributed by atoms with Crippen LogP contribution >= 0.6 is 0 Å². The number of allylic oxidation sites excluding steroid dienone is 3. The van der Waals surface area contributed by atoms with Crippen LogP contribution in [0.15, 0.2) is 23.8 Å². The van der Waals surface area contributed by atoms with Gasteiger partial charge in [0.15, 0.2) is 5.78 Å². The lowest BCUT2D eigenvalue weighted by molar-refractivity contribution is -0.118. The first kappa shape index (κ1) is 13.8. The Hall–Kier alpha value is -0.890. The van der Waals surface area contributed by atoms with Gasteiger partial charge in [0.25, 0.3) is 0 Å². The van der Waals surface area contributed by atoms with Crippen LogP contribution in [-0.4, -0.2) is 17.5 Å². The van der Waals surface area contributed by atoms with Crippen molar-refractivity contribution in [2.24, 2.45) is 28.6 Å². The molecular weight excluding hydrogens is 260 g/mol. The number of carbonyl (C=O) groups is 1. The van der Waals surface area contributed by atoms with Crippen molar-refractivity contribution in [1.29, 1.82) is 0 Å². The molecule has 2 fully saturated rings. The van der Waals surface area contributed by atoms with Crippen molar-refractivity contribution in [1.82, 2.24) is 0 Å². The minimum Gasteiger partial charge on any atom is -0.395 e. The molecule has 2 nitrogen and oxygen atoms in total. The second-order valence-corrected chi connectivity index (χ2v) is 8.05. The van der Waals surface area contributed by atoms with Gasteiger partial charge in [0.05, 0.1) is 6.61 Å². The predicted octanol–water partition coefficient (Wildman–Crippen LogP) is 3.66. The molecule has 21 heavy (non-hydrogen) atoms. The molecule has 0 aromatic heterocycles. The molecule has 0 radical (unpaired) electrons. The maximum absolute atomic E-state index is 11.8. The molecule has 0 aromatic rings. The minimum absolute atomic E-state index is 0.0687. The van der Waals surface area contributed by atoms with Crippen LogP contribution in [0.2, 0.25) is 0 Å². The lowest BCUT2D eigenvalue weighted by Gasteiger charge is -2.57. The molecule has 0 aromatic carbocycles. The normalized spacial score (nSPS) is 48.4. The molecule has 4 aliphatic carbocycles. The van der Waals surface area contributed by atoms with E-state index in [1.165, 1.54) is 31.3 Å². The fourth-order valence-electron chi connectivity index (χ4n) is 6.14. The van der Waals surface area contributed by atoms with Gasteiger partial charge >= 0.3 is 0 Å². The van der Waals surface area contributed by atoms with E-state index in [0.29, 0.717) is 17.8 Å². The van der Waals surface area contributed by atoms with Gasteiger partial charge in [0, 0.05) is 11.8 Å². The lowest BCUT2D eigenvalue weighted by atomic mass is 9.47. The summed E-state index contributed by atoms with van der Waals surface area (Å²) in [5, 5.41) is 10.2. The highest BCUT2D eigenvalue weighted by molar-refractivity contribution is 5.91. The highest BCUT2D eigenvalue weighted by Crippen LogP contribution is 2.63. The smallest absolute Gasteiger partial charge is 0.155 e. The maximum atomic E-state index is 11.8. The van der Waals surface area contributed by atoms with Gasteiger partial charge < -0.3 is 5.11 Å². The highest BCUT2D eigenvalue weighted by Gasteiger charge is 2.56. The van der Waals surface area contributed by atoms with E-state index in [2.05, 4.69) is 19.1 Å². The topological polar surface area (TPSA) is 37.3 Å². The third kappa shape index (κ3) is 1.78. The third-order valence-corrected chi connectivity index (χ3v) is 7.29. The Labute approximate surface area is 127 Å². The van der Waals surface area contributed by atoms with Gasteiger partial charge in [-0.3, -0.25) is 4.79 Å². The summed E-state index contributed by atoms with van der Waals surface area (Å²) in [5.74, 6) is 2.36.